The quantitative estimate of drug-likeness (QED) is 0.704. The van der Waals surface area contributed by atoms with Crippen LogP contribution in [0.1, 0.15) is 0 Å². The van der Waals surface area contributed by atoms with Crippen molar-refractivity contribution in [1.82, 2.24) is 5.32 Å². The highest BCUT2D eigenvalue weighted by Gasteiger charge is 2.07. The van der Waals surface area contributed by atoms with Crippen LogP contribution in [0.5, 0.6) is 11.5 Å². The Bertz CT molecular complexity index is 642. The molecule has 23 heavy (non-hydrogen) atoms. The average molecular weight is 314 g/mol. The molecule has 0 atom stereocenters. The van der Waals surface area contributed by atoms with Crippen molar-refractivity contribution in [3.63, 3.8) is 0 Å². The van der Waals surface area contributed by atoms with Gasteiger partial charge in [-0.15, -0.1) is 0 Å². The van der Waals surface area contributed by atoms with E-state index in [-0.39, 0.29) is 24.9 Å². The molecule has 0 spiro atoms. The lowest BCUT2D eigenvalue weighted by molar-refractivity contribution is -0.632. The van der Waals surface area contributed by atoms with Gasteiger partial charge in [0.2, 0.25) is 0 Å². The van der Waals surface area contributed by atoms with E-state index in [9.17, 15) is 9.59 Å². The summed E-state index contributed by atoms with van der Waals surface area (Å²) in [7, 11) is 1.56. The predicted molar refractivity (Wildman–Crippen MR) is 87.3 cm³/mol. The van der Waals surface area contributed by atoms with Crippen LogP contribution in [-0.4, -0.2) is 32.0 Å². The molecule has 0 aliphatic rings. The summed E-state index contributed by atoms with van der Waals surface area (Å²) < 4.78 is 5.68. The molecule has 2 aromatic rings. The van der Waals surface area contributed by atoms with E-state index in [1.54, 1.807) is 36.6 Å². The Labute approximate surface area is 134 Å². The van der Waals surface area contributed by atoms with Gasteiger partial charge in [-0.25, -0.2) is 0 Å². The average Bonchev–Trinajstić information content (AvgIpc) is 2.57. The van der Waals surface area contributed by atoms with Crippen LogP contribution in [0.4, 0.5) is 5.69 Å². The number of carbonyl (C=O) groups excluding carboxylic acids is 2. The monoisotopic (exact) mass is 314 g/mol. The number of hydrogen-bond donors (Lipinski definition) is 3. The van der Waals surface area contributed by atoms with Gasteiger partial charge in [-0.05, 0) is 36.4 Å². The Balaban J connectivity index is 1.80. The fourth-order valence-corrected chi connectivity index (χ4v) is 1.88. The van der Waals surface area contributed by atoms with Gasteiger partial charge in [0.15, 0.2) is 13.1 Å². The van der Waals surface area contributed by atoms with Crippen LogP contribution in [0.15, 0.2) is 54.6 Å². The summed E-state index contributed by atoms with van der Waals surface area (Å²) in [6, 6.07) is 16.6. The third-order valence-electron chi connectivity index (χ3n) is 3.06. The lowest BCUT2D eigenvalue weighted by atomic mass is 10.3. The second-order valence-corrected chi connectivity index (χ2v) is 4.86. The Kier molecular flexibility index (Phi) is 6.14. The van der Waals surface area contributed by atoms with Crippen molar-refractivity contribution in [2.75, 3.05) is 25.5 Å². The normalized spacial score (nSPS) is 9.96. The van der Waals surface area contributed by atoms with Crippen molar-refractivity contribution in [3.8, 4) is 11.5 Å². The highest BCUT2D eigenvalue weighted by molar-refractivity contribution is 5.91. The molecule has 2 rings (SSSR count). The zero-order valence-corrected chi connectivity index (χ0v) is 12.9. The number of rotatable bonds is 7. The summed E-state index contributed by atoms with van der Waals surface area (Å²) in [6.07, 6.45) is 0. The summed E-state index contributed by atoms with van der Waals surface area (Å²) in [5, 5.41) is 6.91. The standard InChI is InChI=1S/C17H19N3O3/c1-18-16(21)11-19-12-17(22)20-13-7-9-15(10-8-13)23-14-5-3-2-4-6-14/h2-10,19H,11-12H2,1H3,(H,18,21)(H,20,22)/p+1. The number of amides is 2. The number of likely N-dealkylation sites (N-methyl/N-ethyl adjacent to an activating group) is 1. The molecule has 2 aromatic carbocycles. The van der Waals surface area contributed by atoms with Gasteiger partial charge in [0.1, 0.15) is 11.5 Å². The Morgan fingerprint density at radius 3 is 2.17 bits per heavy atom. The van der Waals surface area contributed by atoms with Crippen molar-refractivity contribution < 1.29 is 19.6 Å². The smallest absolute Gasteiger partial charge is 0.279 e. The Morgan fingerprint density at radius 1 is 0.913 bits per heavy atom. The second kappa shape index (κ2) is 8.55. The van der Waals surface area contributed by atoms with Crippen LogP contribution in [0.3, 0.4) is 0 Å². The van der Waals surface area contributed by atoms with Crippen LogP contribution in [0.25, 0.3) is 0 Å². The fraction of sp³-hybridized carbons (Fsp3) is 0.176. The van der Waals surface area contributed by atoms with Gasteiger partial charge in [-0.2, -0.15) is 0 Å². The Morgan fingerprint density at radius 2 is 1.52 bits per heavy atom. The summed E-state index contributed by atoms with van der Waals surface area (Å²) >= 11 is 0. The second-order valence-electron chi connectivity index (χ2n) is 4.86. The number of carbonyl (C=O) groups is 2. The number of para-hydroxylation sites is 1. The van der Waals surface area contributed by atoms with Gasteiger partial charge < -0.3 is 20.7 Å². The van der Waals surface area contributed by atoms with E-state index in [1.165, 1.54) is 0 Å². The molecule has 6 nitrogen and oxygen atoms in total. The van der Waals surface area contributed by atoms with Crippen molar-refractivity contribution in [2.45, 2.75) is 0 Å². The van der Waals surface area contributed by atoms with E-state index in [2.05, 4.69) is 10.6 Å². The minimum absolute atomic E-state index is 0.111. The van der Waals surface area contributed by atoms with Crippen LogP contribution in [0, 0.1) is 0 Å². The van der Waals surface area contributed by atoms with Gasteiger partial charge in [0.05, 0.1) is 0 Å². The van der Waals surface area contributed by atoms with Crippen molar-refractivity contribution in [1.29, 1.82) is 0 Å². The number of quaternary nitrogens is 1. The molecule has 0 aliphatic carbocycles. The first-order valence-electron chi connectivity index (χ1n) is 7.32. The molecule has 0 fully saturated rings. The van der Waals surface area contributed by atoms with Crippen LogP contribution in [0.2, 0.25) is 0 Å². The minimum Gasteiger partial charge on any atom is -0.457 e. The first-order chi connectivity index (χ1) is 11.2. The Hall–Kier alpha value is -2.86. The van der Waals surface area contributed by atoms with E-state index in [0.717, 1.165) is 5.75 Å². The zero-order valence-electron chi connectivity index (χ0n) is 12.9. The van der Waals surface area contributed by atoms with E-state index in [0.29, 0.717) is 11.4 Å². The topological polar surface area (TPSA) is 84.0 Å². The van der Waals surface area contributed by atoms with E-state index < -0.39 is 0 Å². The van der Waals surface area contributed by atoms with Gasteiger partial charge in [0.25, 0.3) is 11.8 Å². The van der Waals surface area contributed by atoms with Crippen molar-refractivity contribution in [2.24, 2.45) is 0 Å². The minimum atomic E-state index is -0.161. The van der Waals surface area contributed by atoms with E-state index in [1.807, 2.05) is 30.3 Å². The molecular weight excluding hydrogens is 294 g/mol. The number of nitrogens with one attached hydrogen (secondary N) is 2. The number of benzene rings is 2. The largest absolute Gasteiger partial charge is 0.457 e. The summed E-state index contributed by atoms with van der Waals surface area (Å²) in [5.41, 5.74) is 0.684. The molecular formula is C17H20N3O3+. The number of anilines is 1. The molecule has 0 aliphatic heterocycles. The van der Waals surface area contributed by atoms with Gasteiger partial charge in [-0.1, -0.05) is 18.2 Å². The van der Waals surface area contributed by atoms with Gasteiger partial charge >= 0.3 is 0 Å². The maximum Gasteiger partial charge on any atom is 0.279 e. The lowest BCUT2D eigenvalue weighted by Crippen LogP contribution is -2.88. The summed E-state index contributed by atoms with van der Waals surface area (Å²) in [5.74, 6) is 1.18. The molecule has 0 unspecified atom stereocenters. The molecule has 0 aromatic heterocycles. The summed E-state index contributed by atoms with van der Waals surface area (Å²) in [6.45, 7) is 0.420. The molecule has 0 bridgehead atoms. The third-order valence-corrected chi connectivity index (χ3v) is 3.06. The maximum atomic E-state index is 11.8. The van der Waals surface area contributed by atoms with Gasteiger partial charge in [0, 0.05) is 12.7 Å². The maximum absolute atomic E-state index is 11.8. The number of nitrogens with two attached hydrogens (primary N) is 1. The first kappa shape index (κ1) is 16.5. The first-order valence-corrected chi connectivity index (χ1v) is 7.32. The third kappa shape index (κ3) is 5.80. The molecule has 0 saturated heterocycles. The van der Waals surface area contributed by atoms with Crippen LogP contribution < -0.4 is 20.7 Å². The molecule has 6 heteroatoms. The van der Waals surface area contributed by atoms with Crippen molar-refractivity contribution in [3.05, 3.63) is 54.6 Å². The molecule has 4 N–H and O–H groups in total. The zero-order chi connectivity index (χ0) is 16.5. The highest BCUT2D eigenvalue weighted by atomic mass is 16.5. The lowest BCUT2D eigenvalue weighted by Gasteiger charge is -2.07. The van der Waals surface area contributed by atoms with E-state index >= 15 is 0 Å². The SMILES string of the molecule is CNC(=O)C[NH2+]CC(=O)Nc1ccc(Oc2ccccc2)cc1. The molecule has 2 amide bonds. The van der Waals surface area contributed by atoms with E-state index in [4.69, 9.17) is 4.74 Å². The van der Waals surface area contributed by atoms with Crippen LogP contribution in [-0.2, 0) is 9.59 Å². The molecule has 120 valence electrons. The molecule has 0 radical (unpaired) electrons. The molecule has 0 saturated carbocycles. The van der Waals surface area contributed by atoms with Gasteiger partial charge in [-0.3, -0.25) is 9.59 Å². The molecule has 0 heterocycles. The van der Waals surface area contributed by atoms with Crippen molar-refractivity contribution >= 4 is 17.5 Å². The number of ether oxygens (including phenoxy) is 1. The predicted octanol–water partition coefficient (Wildman–Crippen LogP) is 0.727. The number of hydrogen-bond acceptors (Lipinski definition) is 3. The summed E-state index contributed by atoms with van der Waals surface area (Å²) in [4.78, 5) is 22.8. The fourth-order valence-electron chi connectivity index (χ4n) is 1.88. The van der Waals surface area contributed by atoms with Crippen LogP contribution >= 0.6 is 0 Å². The highest BCUT2D eigenvalue weighted by Crippen LogP contribution is 2.22.